The van der Waals surface area contributed by atoms with E-state index in [1.807, 2.05) is 0 Å². The van der Waals surface area contributed by atoms with Gasteiger partial charge in [-0.15, -0.1) is 0 Å². The Morgan fingerprint density at radius 1 is 1.56 bits per heavy atom. The van der Waals surface area contributed by atoms with E-state index in [1.165, 1.54) is 12.8 Å². The summed E-state index contributed by atoms with van der Waals surface area (Å²) in [5, 5.41) is 0. The van der Waals surface area contributed by atoms with Crippen LogP contribution in [0.2, 0.25) is 0 Å². The Labute approximate surface area is 55.5 Å². The molecule has 0 bridgehead atoms. The van der Waals surface area contributed by atoms with Crippen molar-refractivity contribution in [1.29, 1.82) is 0 Å². The van der Waals surface area contributed by atoms with Gasteiger partial charge in [0.2, 0.25) is 0 Å². The molecule has 0 N–H and O–H groups in total. The zero-order valence-corrected chi connectivity index (χ0v) is 5.38. The molecule has 0 aromatic rings. The number of nitrogens with zero attached hydrogens (tertiary/aromatic N) is 1. The lowest BCUT2D eigenvalue weighted by Crippen LogP contribution is -1.56. The van der Waals surface area contributed by atoms with Crippen molar-refractivity contribution in [3.8, 4) is 6.07 Å². The molecule has 1 fully saturated rings. The second-order valence-electron chi connectivity index (χ2n) is 2.14. The fourth-order valence-corrected chi connectivity index (χ4v) is 0.549. The third kappa shape index (κ3) is 2.71. The molecule has 0 aliphatic heterocycles. The molecule has 1 heteroatoms. The monoisotopic (exact) mass is 120 g/mol. The van der Waals surface area contributed by atoms with E-state index in [2.05, 4.69) is 23.6 Å². The smallest absolute Gasteiger partial charge is 0.0842 e. The summed E-state index contributed by atoms with van der Waals surface area (Å²) in [5.74, 6) is 0.806. The van der Waals surface area contributed by atoms with Crippen LogP contribution < -0.4 is 0 Å². The molecular weight excluding hydrogens is 110 g/mol. The largest absolute Gasteiger partial charge is 0.310 e. The van der Waals surface area contributed by atoms with Gasteiger partial charge in [-0.2, -0.15) is 0 Å². The van der Waals surface area contributed by atoms with Crippen LogP contribution in [0.15, 0.2) is 24.9 Å². The highest BCUT2D eigenvalue weighted by Gasteiger charge is 2.18. The molecular formula is C8H10N+. The number of hydrogen-bond acceptors (Lipinski definition) is 0. The molecule has 1 saturated carbocycles. The van der Waals surface area contributed by atoms with Crippen molar-refractivity contribution in [3.63, 3.8) is 0 Å². The van der Waals surface area contributed by atoms with Gasteiger partial charge in [-0.3, -0.25) is 0 Å². The Morgan fingerprint density at radius 3 is 2.89 bits per heavy atom. The lowest BCUT2D eigenvalue weighted by molar-refractivity contribution is 1.12. The second-order valence-corrected chi connectivity index (χ2v) is 2.14. The first-order chi connectivity index (χ1) is 4.43. The van der Waals surface area contributed by atoms with Gasteiger partial charge < -0.3 is 0 Å². The predicted molar refractivity (Wildman–Crippen MR) is 39.3 cm³/mol. The molecule has 46 valence electrons. The van der Waals surface area contributed by atoms with Gasteiger partial charge in [0.15, 0.2) is 0 Å². The maximum absolute atomic E-state index is 3.82. The van der Waals surface area contributed by atoms with E-state index >= 15 is 0 Å². The molecule has 9 heavy (non-hydrogen) atoms. The van der Waals surface area contributed by atoms with Gasteiger partial charge >= 0.3 is 12.3 Å². The van der Waals surface area contributed by atoms with E-state index < -0.39 is 0 Å². The normalized spacial score (nSPS) is 16.9. The quantitative estimate of drug-likeness (QED) is 0.468. The van der Waals surface area contributed by atoms with Gasteiger partial charge in [0.25, 0.3) is 0 Å². The van der Waals surface area contributed by atoms with Crippen LogP contribution in [-0.4, -0.2) is 0 Å². The Hall–Kier alpha value is -1.03. The van der Waals surface area contributed by atoms with Crippen molar-refractivity contribution >= 4 is 0 Å². The Morgan fingerprint density at radius 2 is 2.33 bits per heavy atom. The molecule has 0 saturated heterocycles. The summed E-state index contributed by atoms with van der Waals surface area (Å²) < 4.78 is 0. The number of allylic oxidation sites excluding steroid dienone is 2. The maximum atomic E-state index is 3.82. The van der Waals surface area contributed by atoms with Crippen LogP contribution in [0.4, 0.5) is 0 Å². The number of hydrogen-bond donors (Lipinski definition) is 0. The van der Waals surface area contributed by atoms with E-state index in [0.29, 0.717) is 0 Å². The molecule has 0 atom stereocenters. The summed E-state index contributed by atoms with van der Waals surface area (Å²) in [6, 6.07) is 2.63. The van der Waals surface area contributed by atoms with E-state index in [-0.39, 0.29) is 0 Å². The third-order valence-electron chi connectivity index (χ3n) is 1.22. The Balaban J connectivity index is 2.21. The summed E-state index contributed by atoms with van der Waals surface area (Å²) in [5.41, 5.74) is 0. The fourth-order valence-electron chi connectivity index (χ4n) is 0.549. The number of rotatable bonds is 1. The zero-order valence-electron chi connectivity index (χ0n) is 5.38. The van der Waals surface area contributed by atoms with Gasteiger partial charge in [0.05, 0.1) is 6.08 Å². The second kappa shape index (κ2) is 3.09. The molecule has 1 aliphatic carbocycles. The van der Waals surface area contributed by atoms with Gasteiger partial charge in [0.1, 0.15) is 0 Å². The van der Waals surface area contributed by atoms with Crippen molar-refractivity contribution in [2.75, 3.05) is 0 Å². The Kier molecular flexibility index (Phi) is 2.09. The standard InChI is InChI=1S/C8H10N/c1-2-6-9-7-5-8-3-4-8/h2,5,7-8H,1,3-4H2/q+1/b7-5-. The maximum Gasteiger partial charge on any atom is 0.310 e. The van der Waals surface area contributed by atoms with Crippen molar-refractivity contribution in [2.45, 2.75) is 12.8 Å². The van der Waals surface area contributed by atoms with Crippen LogP contribution in [0, 0.1) is 12.0 Å². The van der Waals surface area contributed by atoms with Crippen LogP contribution in [0.3, 0.4) is 0 Å². The minimum atomic E-state index is 0.806. The highest BCUT2D eigenvalue weighted by molar-refractivity contribution is 5.11. The van der Waals surface area contributed by atoms with Crippen molar-refractivity contribution in [2.24, 2.45) is 5.92 Å². The molecule has 0 spiro atoms. The SMILES string of the molecule is C=CC#[N+]/C=C\C1CC1. The molecule has 0 unspecified atom stereocenters. The molecule has 1 nitrogen and oxygen atoms in total. The molecule has 0 aromatic carbocycles. The van der Waals surface area contributed by atoms with E-state index in [1.54, 1.807) is 12.3 Å². The average Bonchev–Trinajstić information content (AvgIpc) is 2.63. The van der Waals surface area contributed by atoms with Crippen LogP contribution in [0.5, 0.6) is 0 Å². The highest BCUT2D eigenvalue weighted by Crippen LogP contribution is 2.29. The minimum absolute atomic E-state index is 0.806. The van der Waals surface area contributed by atoms with Crippen LogP contribution in [-0.2, 0) is 0 Å². The summed E-state index contributed by atoms with van der Waals surface area (Å²) in [6.45, 7) is 3.45. The average molecular weight is 120 g/mol. The molecule has 1 rings (SSSR count). The lowest BCUT2D eigenvalue weighted by atomic mass is 10.4. The van der Waals surface area contributed by atoms with E-state index in [0.717, 1.165) is 5.92 Å². The molecule has 0 amide bonds. The minimum Gasteiger partial charge on any atom is -0.0842 e. The summed E-state index contributed by atoms with van der Waals surface area (Å²) in [6.07, 6.45) is 8.12. The molecule has 0 radical (unpaired) electrons. The summed E-state index contributed by atoms with van der Waals surface area (Å²) in [4.78, 5) is 3.82. The van der Waals surface area contributed by atoms with Crippen LogP contribution in [0.25, 0.3) is 4.85 Å². The zero-order chi connectivity index (χ0) is 6.53. The van der Waals surface area contributed by atoms with Crippen molar-refractivity contribution in [1.82, 2.24) is 0 Å². The first-order valence-electron chi connectivity index (χ1n) is 3.16. The van der Waals surface area contributed by atoms with E-state index in [4.69, 9.17) is 0 Å². The Bertz CT molecular complexity index is 176. The van der Waals surface area contributed by atoms with Crippen LogP contribution in [0.1, 0.15) is 12.8 Å². The predicted octanol–water partition coefficient (Wildman–Crippen LogP) is 2.43. The first kappa shape index (κ1) is 6.10. The fraction of sp³-hybridized carbons (Fsp3) is 0.375. The van der Waals surface area contributed by atoms with Crippen LogP contribution >= 0.6 is 0 Å². The van der Waals surface area contributed by atoms with Gasteiger partial charge in [-0.1, -0.05) is 6.58 Å². The topological polar surface area (TPSA) is 4.36 Å². The van der Waals surface area contributed by atoms with Gasteiger partial charge in [-0.25, -0.2) is 0 Å². The van der Waals surface area contributed by atoms with E-state index in [9.17, 15) is 0 Å². The van der Waals surface area contributed by atoms with Crippen molar-refractivity contribution < 1.29 is 0 Å². The third-order valence-corrected chi connectivity index (χ3v) is 1.22. The molecule has 1 aliphatic rings. The van der Waals surface area contributed by atoms with Crippen molar-refractivity contribution in [3.05, 3.63) is 29.8 Å². The van der Waals surface area contributed by atoms with Gasteiger partial charge in [0, 0.05) is 6.08 Å². The summed E-state index contributed by atoms with van der Waals surface area (Å²) >= 11 is 0. The van der Waals surface area contributed by atoms with Gasteiger partial charge in [-0.05, 0) is 23.6 Å². The summed E-state index contributed by atoms with van der Waals surface area (Å²) in [7, 11) is 0. The lowest BCUT2D eigenvalue weighted by Gasteiger charge is -1.62. The highest BCUT2D eigenvalue weighted by atomic mass is 14.6. The first-order valence-corrected chi connectivity index (χ1v) is 3.16. The molecule has 0 heterocycles. The molecule has 0 aromatic heterocycles.